The maximum atomic E-state index is 12.6. The van der Waals surface area contributed by atoms with Crippen molar-refractivity contribution in [3.05, 3.63) is 47.5 Å². The third-order valence-corrected chi connectivity index (χ3v) is 3.44. The summed E-state index contributed by atoms with van der Waals surface area (Å²) in [4.78, 5) is 12.6. The van der Waals surface area contributed by atoms with E-state index in [2.05, 4.69) is 0 Å². The molecule has 0 aliphatic heterocycles. The van der Waals surface area contributed by atoms with Gasteiger partial charge in [-0.15, -0.1) is 0 Å². The summed E-state index contributed by atoms with van der Waals surface area (Å²) >= 11 is 0. The largest absolute Gasteiger partial charge is 0.343 e. The molecule has 0 aromatic heterocycles. The van der Waals surface area contributed by atoms with Gasteiger partial charge in [0.1, 0.15) is 0 Å². The van der Waals surface area contributed by atoms with Crippen LogP contribution in [0, 0.1) is 0 Å². The van der Waals surface area contributed by atoms with Gasteiger partial charge in [-0.3, -0.25) is 4.79 Å². The van der Waals surface area contributed by atoms with Crippen molar-refractivity contribution in [3.8, 4) is 0 Å². The zero-order valence-electron chi connectivity index (χ0n) is 10.4. The molecular formula is C15H14O3. The van der Waals surface area contributed by atoms with Gasteiger partial charge in [0.2, 0.25) is 5.78 Å². The highest BCUT2D eigenvalue weighted by atomic mass is 16.7. The van der Waals surface area contributed by atoms with Crippen LogP contribution < -0.4 is 0 Å². The zero-order valence-corrected chi connectivity index (χ0v) is 10.4. The van der Waals surface area contributed by atoms with Crippen molar-refractivity contribution in [2.24, 2.45) is 0 Å². The molecule has 18 heavy (non-hydrogen) atoms. The van der Waals surface area contributed by atoms with E-state index in [1.807, 2.05) is 43.3 Å². The molecule has 3 nitrogen and oxygen atoms in total. The average Bonchev–Trinajstić information content (AvgIpc) is 2.65. The van der Waals surface area contributed by atoms with Crippen molar-refractivity contribution < 1.29 is 14.3 Å². The van der Waals surface area contributed by atoms with Gasteiger partial charge in [0.05, 0.1) is 0 Å². The second-order valence-electron chi connectivity index (χ2n) is 4.29. The van der Waals surface area contributed by atoms with Gasteiger partial charge in [-0.1, -0.05) is 36.4 Å². The van der Waals surface area contributed by atoms with Crippen LogP contribution in [0.3, 0.4) is 0 Å². The summed E-state index contributed by atoms with van der Waals surface area (Å²) in [6.07, 6.45) is 0. The van der Waals surface area contributed by atoms with Crippen LogP contribution in [0.5, 0.6) is 0 Å². The molecule has 1 aliphatic carbocycles. The van der Waals surface area contributed by atoms with E-state index in [0.29, 0.717) is 12.2 Å². The van der Waals surface area contributed by atoms with Gasteiger partial charge in [-0.25, -0.2) is 0 Å². The number of hydrogen-bond acceptors (Lipinski definition) is 3. The molecule has 0 heterocycles. The topological polar surface area (TPSA) is 35.5 Å². The second-order valence-corrected chi connectivity index (χ2v) is 4.29. The molecule has 0 radical (unpaired) electrons. The summed E-state index contributed by atoms with van der Waals surface area (Å²) in [5.41, 5.74) is 1.49. The molecule has 3 heteroatoms. The molecule has 3 rings (SSSR count). The average molecular weight is 242 g/mol. The smallest absolute Gasteiger partial charge is 0.261 e. The Hall–Kier alpha value is -1.71. The van der Waals surface area contributed by atoms with Crippen LogP contribution in [0.4, 0.5) is 0 Å². The summed E-state index contributed by atoms with van der Waals surface area (Å²) in [5, 5.41) is 1.98. The Morgan fingerprint density at radius 3 is 2.56 bits per heavy atom. The number of carbonyl (C=O) groups excluding carboxylic acids is 1. The Morgan fingerprint density at radius 1 is 1.17 bits per heavy atom. The highest BCUT2D eigenvalue weighted by Crippen LogP contribution is 2.43. The van der Waals surface area contributed by atoms with E-state index in [4.69, 9.17) is 9.47 Å². The highest BCUT2D eigenvalue weighted by Gasteiger charge is 2.49. The van der Waals surface area contributed by atoms with Crippen LogP contribution in [0.15, 0.2) is 36.4 Å². The van der Waals surface area contributed by atoms with Crippen molar-refractivity contribution in [3.63, 3.8) is 0 Å². The molecule has 0 bridgehead atoms. The minimum Gasteiger partial charge on any atom is -0.343 e. The monoisotopic (exact) mass is 242 g/mol. The van der Waals surface area contributed by atoms with Gasteiger partial charge in [0, 0.05) is 30.2 Å². The minimum atomic E-state index is -1.27. The Kier molecular flexibility index (Phi) is 2.47. The number of carbonyl (C=O) groups is 1. The molecule has 0 saturated carbocycles. The van der Waals surface area contributed by atoms with E-state index in [9.17, 15) is 4.79 Å². The molecule has 0 N–H and O–H groups in total. The number of benzene rings is 2. The second kappa shape index (κ2) is 3.90. The van der Waals surface area contributed by atoms with E-state index in [1.165, 1.54) is 7.11 Å². The lowest BCUT2D eigenvalue weighted by atomic mass is 10.0. The maximum Gasteiger partial charge on any atom is 0.261 e. The summed E-state index contributed by atoms with van der Waals surface area (Å²) < 4.78 is 11.1. The van der Waals surface area contributed by atoms with Crippen molar-refractivity contribution in [1.29, 1.82) is 0 Å². The lowest BCUT2D eigenvalue weighted by molar-refractivity contribution is -0.188. The summed E-state index contributed by atoms with van der Waals surface area (Å²) in [7, 11) is 1.51. The van der Waals surface area contributed by atoms with Gasteiger partial charge < -0.3 is 9.47 Å². The normalized spacial score (nSPS) is 21.8. The summed E-state index contributed by atoms with van der Waals surface area (Å²) in [6, 6.07) is 11.5. The van der Waals surface area contributed by atoms with E-state index < -0.39 is 5.79 Å². The van der Waals surface area contributed by atoms with Crippen LogP contribution in [0.25, 0.3) is 10.8 Å². The number of rotatable bonds is 3. The Balaban J connectivity index is 2.37. The SMILES string of the molecule is CCOC1(OC)C(=O)c2cccc3cccc1c23. The molecule has 0 fully saturated rings. The van der Waals surface area contributed by atoms with Crippen molar-refractivity contribution in [2.75, 3.05) is 13.7 Å². The molecule has 2 aromatic carbocycles. The van der Waals surface area contributed by atoms with Crippen LogP contribution in [0.2, 0.25) is 0 Å². The Morgan fingerprint density at radius 2 is 1.89 bits per heavy atom. The maximum absolute atomic E-state index is 12.6. The first-order valence-electron chi connectivity index (χ1n) is 6.00. The predicted molar refractivity (Wildman–Crippen MR) is 68.6 cm³/mol. The van der Waals surface area contributed by atoms with Crippen molar-refractivity contribution >= 4 is 16.6 Å². The predicted octanol–water partition coefficient (Wildman–Crippen LogP) is 2.87. The van der Waals surface area contributed by atoms with E-state index >= 15 is 0 Å². The first-order chi connectivity index (χ1) is 8.74. The highest BCUT2D eigenvalue weighted by molar-refractivity contribution is 6.18. The fraction of sp³-hybridized carbons (Fsp3) is 0.267. The standard InChI is InChI=1S/C15H14O3/c1-3-18-15(17-2)12-9-5-7-10-6-4-8-11(13(10)12)14(15)16/h4-9H,3H2,1-2H3. The summed E-state index contributed by atoms with van der Waals surface area (Å²) in [5.74, 6) is -1.38. The van der Waals surface area contributed by atoms with Crippen LogP contribution >= 0.6 is 0 Å². The van der Waals surface area contributed by atoms with E-state index in [-0.39, 0.29) is 5.78 Å². The summed E-state index contributed by atoms with van der Waals surface area (Å²) in [6.45, 7) is 2.28. The van der Waals surface area contributed by atoms with Gasteiger partial charge in [-0.05, 0) is 12.3 Å². The molecule has 92 valence electrons. The number of ketones is 1. The first kappa shape index (κ1) is 11.4. The molecule has 0 amide bonds. The molecule has 1 aliphatic rings. The minimum absolute atomic E-state index is 0.112. The number of methoxy groups -OCH3 is 1. The lowest BCUT2D eigenvalue weighted by Gasteiger charge is -2.26. The van der Waals surface area contributed by atoms with Crippen LogP contribution in [-0.2, 0) is 15.3 Å². The zero-order chi connectivity index (χ0) is 12.8. The van der Waals surface area contributed by atoms with Gasteiger partial charge in [0.15, 0.2) is 0 Å². The molecule has 1 unspecified atom stereocenters. The number of Topliss-reactive ketones (excluding diaryl/α,β-unsaturated/α-hetero) is 1. The Labute approximate surface area is 105 Å². The quantitative estimate of drug-likeness (QED) is 0.776. The van der Waals surface area contributed by atoms with E-state index in [0.717, 1.165) is 16.3 Å². The molecular weight excluding hydrogens is 228 g/mol. The fourth-order valence-corrected chi connectivity index (χ4v) is 2.71. The molecule has 2 aromatic rings. The Bertz CT molecular complexity index is 627. The van der Waals surface area contributed by atoms with Crippen molar-refractivity contribution in [2.45, 2.75) is 12.7 Å². The van der Waals surface area contributed by atoms with Crippen LogP contribution in [-0.4, -0.2) is 19.5 Å². The first-order valence-corrected chi connectivity index (χ1v) is 6.00. The molecule has 0 spiro atoms. The molecule has 1 atom stereocenters. The fourth-order valence-electron chi connectivity index (χ4n) is 2.71. The lowest BCUT2D eigenvalue weighted by Crippen LogP contribution is -2.37. The van der Waals surface area contributed by atoms with Crippen molar-refractivity contribution in [1.82, 2.24) is 0 Å². The van der Waals surface area contributed by atoms with E-state index in [1.54, 1.807) is 0 Å². The number of hydrogen-bond donors (Lipinski definition) is 0. The third-order valence-electron chi connectivity index (χ3n) is 3.44. The van der Waals surface area contributed by atoms with Gasteiger partial charge in [-0.2, -0.15) is 0 Å². The molecule has 0 saturated heterocycles. The number of ether oxygens (including phenoxy) is 2. The third kappa shape index (κ3) is 1.23. The van der Waals surface area contributed by atoms with Crippen LogP contribution in [0.1, 0.15) is 22.8 Å². The van der Waals surface area contributed by atoms with Gasteiger partial charge >= 0.3 is 0 Å². The van der Waals surface area contributed by atoms with Gasteiger partial charge in [0.25, 0.3) is 5.79 Å².